The summed E-state index contributed by atoms with van der Waals surface area (Å²) in [4.78, 5) is 2.41. The molecule has 0 N–H and O–H groups in total. The van der Waals surface area contributed by atoms with E-state index < -0.39 is 0 Å². The van der Waals surface area contributed by atoms with Crippen molar-refractivity contribution in [3.8, 4) is 6.07 Å². The molecule has 0 bridgehead atoms. The average Bonchev–Trinajstić information content (AvgIpc) is 2.45. The lowest BCUT2D eigenvalue weighted by Gasteiger charge is -2.39. The minimum Gasteiger partial charge on any atom is -0.303 e. The van der Waals surface area contributed by atoms with Gasteiger partial charge in [-0.25, -0.2) is 0 Å². The zero-order chi connectivity index (χ0) is 14.3. The quantitative estimate of drug-likeness (QED) is 0.694. The van der Waals surface area contributed by atoms with Gasteiger partial charge in [0.05, 0.1) is 11.5 Å². The molecule has 1 saturated heterocycles. The lowest BCUT2D eigenvalue weighted by Crippen LogP contribution is -2.40. The molecule has 1 heterocycles. The number of hydrogen-bond acceptors (Lipinski definition) is 2. The fourth-order valence-corrected chi connectivity index (χ4v) is 3.22. The van der Waals surface area contributed by atoms with Crippen molar-refractivity contribution in [1.82, 2.24) is 4.90 Å². The Morgan fingerprint density at radius 1 is 1.37 bits per heavy atom. The Labute approximate surface area is 122 Å². The first-order valence-electron chi connectivity index (χ1n) is 7.29. The first-order chi connectivity index (χ1) is 9.13. The highest BCUT2D eigenvalue weighted by Crippen LogP contribution is 2.42. The monoisotopic (exact) mass is 280 g/mol. The number of allylic oxidation sites excluding steroid dienone is 4. The highest BCUT2D eigenvalue weighted by atomic mass is 35.5. The summed E-state index contributed by atoms with van der Waals surface area (Å²) in [6, 6.07) is 2.58. The van der Waals surface area contributed by atoms with Crippen LogP contribution in [-0.4, -0.2) is 24.5 Å². The molecule has 1 aliphatic heterocycles. The molecule has 19 heavy (non-hydrogen) atoms. The topological polar surface area (TPSA) is 27.0 Å². The van der Waals surface area contributed by atoms with Crippen LogP contribution in [0.25, 0.3) is 0 Å². The molecule has 1 fully saturated rings. The van der Waals surface area contributed by atoms with Crippen molar-refractivity contribution >= 4 is 11.6 Å². The molecule has 2 nitrogen and oxygen atoms in total. The van der Waals surface area contributed by atoms with Gasteiger partial charge >= 0.3 is 0 Å². The fraction of sp³-hybridized carbons (Fsp3) is 0.688. The van der Waals surface area contributed by atoms with Crippen LogP contribution < -0.4 is 0 Å². The Bertz CT molecular complexity index is 382. The molecule has 0 amide bonds. The van der Waals surface area contributed by atoms with E-state index in [9.17, 15) is 5.26 Å². The molecule has 0 atom stereocenters. The standard InChI is InChI=1S/C16H25ClN2/c1-4-7-14(15(17)8-5-2)16(13-18)9-11-19(6-3)12-10-16/h5,8H,4,6-7,9-12H2,1-3H3. The van der Waals surface area contributed by atoms with E-state index in [1.165, 1.54) is 0 Å². The Morgan fingerprint density at radius 3 is 2.42 bits per heavy atom. The second-order valence-electron chi connectivity index (χ2n) is 5.20. The highest BCUT2D eigenvalue weighted by molar-refractivity contribution is 6.31. The second kappa shape index (κ2) is 7.72. The van der Waals surface area contributed by atoms with Gasteiger partial charge in [-0.3, -0.25) is 0 Å². The van der Waals surface area contributed by atoms with E-state index >= 15 is 0 Å². The number of hydrogen-bond donors (Lipinski definition) is 0. The molecule has 1 aliphatic rings. The van der Waals surface area contributed by atoms with Gasteiger partial charge < -0.3 is 4.90 Å². The molecule has 0 spiro atoms. The first-order valence-corrected chi connectivity index (χ1v) is 7.66. The lowest BCUT2D eigenvalue weighted by atomic mass is 9.71. The lowest BCUT2D eigenvalue weighted by molar-refractivity contribution is 0.170. The largest absolute Gasteiger partial charge is 0.303 e. The predicted octanol–water partition coefficient (Wildman–Crippen LogP) is 4.48. The predicted molar refractivity (Wildman–Crippen MR) is 82.0 cm³/mol. The van der Waals surface area contributed by atoms with E-state index in [-0.39, 0.29) is 5.41 Å². The summed E-state index contributed by atoms with van der Waals surface area (Å²) in [5.74, 6) is 0. The molecule has 0 aromatic carbocycles. The summed E-state index contributed by atoms with van der Waals surface area (Å²) >= 11 is 6.43. The normalized spacial score (nSPS) is 21.2. The van der Waals surface area contributed by atoms with Crippen LogP contribution in [0.5, 0.6) is 0 Å². The van der Waals surface area contributed by atoms with Crippen LogP contribution in [0, 0.1) is 16.7 Å². The van der Waals surface area contributed by atoms with Gasteiger partial charge in [0.25, 0.3) is 0 Å². The van der Waals surface area contributed by atoms with Crippen LogP contribution in [0.1, 0.15) is 46.5 Å². The van der Waals surface area contributed by atoms with E-state index in [0.717, 1.165) is 55.9 Å². The van der Waals surface area contributed by atoms with Crippen LogP contribution in [0.4, 0.5) is 0 Å². The van der Waals surface area contributed by atoms with E-state index in [2.05, 4.69) is 24.8 Å². The average molecular weight is 281 g/mol. The summed E-state index contributed by atoms with van der Waals surface area (Å²) in [5, 5.41) is 10.5. The zero-order valence-corrected chi connectivity index (χ0v) is 13.1. The molecule has 1 rings (SSSR count). The van der Waals surface area contributed by atoms with Crippen LogP contribution in [0.3, 0.4) is 0 Å². The Balaban J connectivity index is 3.05. The third kappa shape index (κ3) is 3.84. The summed E-state index contributed by atoms with van der Waals surface area (Å²) < 4.78 is 0. The minimum absolute atomic E-state index is 0.349. The smallest absolute Gasteiger partial charge is 0.0824 e. The molecule has 0 radical (unpaired) electrons. The third-order valence-corrected chi connectivity index (χ3v) is 4.40. The molecular weight excluding hydrogens is 256 g/mol. The number of likely N-dealkylation sites (tertiary alicyclic amines) is 1. The number of nitrogens with zero attached hydrogens (tertiary/aromatic N) is 2. The summed E-state index contributed by atoms with van der Waals surface area (Å²) in [6.07, 6.45) is 7.63. The van der Waals surface area contributed by atoms with Crippen molar-refractivity contribution in [1.29, 1.82) is 5.26 Å². The summed E-state index contributed by atoms with van der Waals surface area (Å²) in [7, 11) is 0. The van der Waals surface area contributed by atoms with Crippen molar-refractivity contribution in [2.24, 2.45) is 5.41 Å². The maximum Gasteiger partial charge on any atom is 0.0824 e. The van der Waals surface area contributed by atoms with Crippen LogP contribution >= 0.6 is 11.6 Å². The SMILES string of the molecule is CC=CC(Cl)=C(CCC)C1(C#N)CCN(CC)CC1. The highest BCUT2D eigenvalue weighted by Gasteiger charge is 2.38. The van der Waals surface area contributed by atoms with Crippen molar-refractivity contribution < 1.29 is 0 Å². The summed E-state index contributed by atoms with van der Waals surface area (Å²) in [5.41, 5.74) is 0.797. The van der Waals surface area contributed by atoms with Gasteiger partial charge in [-0.2, -0.15) is 5.26 Å². The molecule has 106 valence electrons. The van der Waals surface area contributed by atoms with Crippen LogP contribution in [-0.2, 0) is 0 Å². The Hall–Kier alpha value is -0.780. The van der Waals surface area contributed by atoms with E-state index in [4.69, 9.17) is 11.6 Å². The van der Waals surface area contributed by atoms with Gasteiger partial charge in [0.2, 0.25) is 0 Å². The first kappa shape index (κ1) is 16.3. The van der Waals surface area contributed by atoms with Gasteiger partial charge in [0, 0.05) is 5.03 Å². The van der Waals surface area contributed by atoms with Crippen LogP contribution in [0.2, 0.25) is 0 Å². The van der Waals surface area contributed by atoms with Gasteiger partial charge in [0.15, 0.2) is 0 Å². The maximum absolute atomic E-state index is 9.73. The fourth-order valence-electron chi connectivity index (χ4n) is 2.82. The molecule has 0 unspecified atom stereocenters. The number of nitriles is 1. The van der Waals surface area contributed by atoms with Gasteiger partial charge in [-0.1, -0.05) is 37.9 Å². The van der Waals surface area contributed by atoms with Gasteiger partial charge in [-0.05, 0) is 57.5 Å². The number of halogens is 1. The van der Waals surface area contributed by atoms with Crippen molar-refractivity contribution in [3.63, 3.8) is 0 Å². The maximum atomic E-state index is 9.73. The number of piperidine rings is 1. The van der Waals surface area contributed by atoms with Gasteiger partial charge in [0.1, 0.15) is 0 Å². The van der Waals surface area contributed by atoms with E-state index in [1.54, 1.807) is 0 Å². The molecule has 0 aromatic rings. The van der Waals surface area contributed by atoms with Gasteiger partial charge in [-0.15, -0.1) is 0 Å². The third-order valence-electron chi connectivity index (χ3n) is 4.05. The van der Waals surface area contributed by atoms with Crippen LogP contribution in [0.15, 0.2) is 22.8 Å². The van der Waals surface area contributed by atoms with E-state index in [1.807, 2.05) is 19.1 Å². The second-order valence-corrected chi connectivity index (χ2v) is 5.61. The van der Waals surface area contributed by atoms with E-state index in [0.29, 0.717) is 0 Å². The zero-order valence-electron chi connectivity index (χ0n) is 12.4. The minimum atomic E-state index is -0.349. The summed E-state index contributed by atoms with van der Waals surface area (Å²) in [6.45, 7) is 9.34. The molecular formula is C16H25ClN2. The van der Waals surface area contributed by atoms with Crippen molar-refractivity contribution in [3.05, 3.63) is 22.8 Å². The van der Waals surface area contributed by atoms with Crippen molar-refractivity contribution in [2.45, 2.75) is 46.5 Å². The number of rotatable bonds is 5. The van der Waals surface area contributed by atoms with Crippen molar-refractivity contribution in [2.75, 3.05) is 19.6 Å². The Morgan fingerprint density at radius 2 is 2.00 bits per heavy atom. The molecule has 0 aromatic heterocycles. The molecule has 0 aliphatic carbocycles. The molecule has 3 heteroatoms. The molecule has 0 saturated carbocycles. The Kier molecular flexibility index (Phi) is 6.62.